The minimum atomic E-state index is -0.140. The molecule has 1 atom stereocenters. The Bertz CT molecular complexity index is 922. The van der Waals surface area contributed by atoms with Gasteiger partial charge in [0.05, 0.1) is 11.2 Å². The van der Waals surface area contributed by atoms with E-state index in [4.69, 9.17) is 0 Å². The molecule has 3 fully saturated rings. The van der Waals surface area contributed by atoms with Gasteiger partial charge in [-0.05, 0) is 49.4 Å². The van der Waals surface area contributed by atoms with Crippen molar-refractivity contribution in [2.24, 2.45) is 5.92 Å². The van der Waals surface area contributed by atoms with E-state index in [1.165, 1.54) is 30.8 Å². The van der Waals surface area contributed by atoms with Crippen LogP contribution in [0.3, 0.4) is 0 Å². The SMILES string of the molecule is O=C(Nc1ccsc1C1CN2CCC1CC2)c1n[nH]c2ccccc12. The smallest absolute Gasteiger partial charge is 0.276 e. The van der Waals surface area contributed by atoms with Crippen LogP contribution in [0.15, 0.2) is 35.7 Å². The molecule has 0 radical (unpaired) electrons. The van der Waals surface area contributed by atoms with Crippen molar-refractivity contribution in [3.05, 3.63) is 46.3 Å². The van der Waals surface area contributed by atoms with Gasteiger partial charge in [-0.3, -0.25) is 9.89 Å². The molecule has 3 aliphatic heterocycles. The third kappa shape index (κ3) is 2.56. The zero-order chi connectivity index (χ0) is 16.8. The average Bonchev–Trinajstić information content (AvgIpc) is 3.29. The summed E-state index contributed by atoms with van der Waals surface area (Å²) in [6, 6.07) is 9.76. The van der Waals surface area contributed by atoms with Crippen LogP contribution in [0.5, 0.6) is 0 Å². The molecule has 1 unspecified atom stereocenters. The number of aromatic amines is 1. The summed E-state index contributed by atoms with van der Waals surface area (Å²) in [5, 5.41) is 13.2. The molecule has 2 bridgehead atoms. The minimum absolute atomic E-state index is 0.140. The van der Waals surface area contributed by atoms with Crippen LogP contribution in [0.4, 0.5) is 5.69 Å². The predicted molar refractivity (Wildman–Crippen MR) is 100 cm³/mol. The van der Waals surface area contributed by atoms with E-state index in [0.29, 0.717) is 11.6 Å². The molecule has 1 amide bonds. The molecule has 25 heavy (non-hydrogen) atoms. The normalized spacial score (nSPS) is 25.4. The zero-order valence-corrected chi connectivity index (χ0v) is 14.7. The molecule has 3 aromatic rings. The van der Waals surface area contributed by atoms with Gasteiger partial charge in [0.25, 0.3) is 5.91 Å². The maximum Gasteiger partial charge on any atom is 0.276 e. The highest BCUT2D eigenvalue weighted by Crippen LogP contribution is 2.43. The van der Waals surface area contributed by atoms with Crippen molar-refractivity contribution in [2.75, 3.05) is 25.0 Å². The van der Waals surface area contributed by atoms with E-state index in [9.17, 15) is 4.79 Å². The van der Waals surface area contributed by atoms with Crippen LogP contribution < -0.4 is 5.32 Å². The van der Waals surface area contributed by atoms with Gasteiger partial charge in [-0.25, -0.2) is 0 Å². The van der Waals surface area contributed by atoms with Gasteiger partial charge < -0.3 is 10.2 Å². The number of piperidine rings is 3. The molecule has 0 saturated carbocycles. The fourth-order valence-electron chi connectivity index (χ4n) is 4.29. The number of hydrogen-bond donors (Lipinski definition) is 2. The molecule has 128 valence electrons. The van der Waals surface area contributed by atoms with E-state index >= 15 is 0 Å². The van der Waals surface area contributed by atoms with Crippen LogP contribution in [0.25, 0.3) is 10.9 Å². The maximum absolute atomic E-state index is 12.8. The molecule has 3 aliphatic rings. The second-order valence-electron chi connectivity index (χ2n) is 7.01. The number of para-hydroxylation sites is 1. The van der Waals surface area contributed by atoms with Crippen molar-refractivity contribution >= 4 is 33.8 Å². The van der Waals surface area contributed by atoms with Crippen LogP contribution >= 0.6 is 11.3 Å². The highest BCUT2D eigenvalue weighted by molar-refractivity contribution is 7.10. The second kappa shape index (κ2) is 5.97. The van der Waals surface area contributed by atoms with Crippen LogP contribution in [0.2, 0.25) is 0 Å². The lowest BCUT2D eigenvalue weighted by Crippen LogP contribution is -2.46. The minimum Gasteiger partial charge on any atom is -0.320 e. The van der Waals surface area contributed by atoms with E-state index in [1.54, 1.807) is 11.3 Å². The predicted octanol–water partition coefficient (Wildman–Crippen LogP) is 3.69. The van der Waals surface area contributed by atoms with Crippen LogP contribution in [-0.4, -0.2) is 40.6 Å². The summed E-state index contributed by atoms with van der Waals surface area (Å²) < 4.78 is 0. The van der Waals surface area contributed by atoms with Crippen molar-refractivity contribution in [2.45, 2.75) is 18.8 Å². The Labute approximate surface area is 150 Å². The number of rotatable bonds is 3. The molecule has 1 aromatic carbocycles. The number of H-pyrrole nitrogens is 1. The Hall–Kier alpha value is -2.18. The van der Waals surface area contributed by atoms with Crippen molar-refractivity contribution in [3.63, 3.8) is 0 Å². The van der Waals surface area contributed by atoms with Crippen molar-refractivity contribution in [3.8, 4) is 0 Å². The number of aromatic nitrogens is 2. The van der Waals surface area contributed by atoms with Gasteiger partial charge in [-0.2, -0.15) is 5.10 Å². The fraction of sp³-hybridized carbons (Fsp3) is 0.368. The fourth-order valence-corrected chi connectivity index (χ4v) is 5.33. The van der Waals surface area contributed by atoms with E-state index in [2.05, 4.69) is 25.8 Å². The lowest BCUT2D eigenvalue weighted by atomic mass is 9.78. The molecule has 0 spiro atoms. The van der Waals surface area contributed by atoms with Gasteiger partial charge in [0.1, 0.15) is 0 Å². The van der Waals surface area contributed by atoms with E-state index in [-0.39, 0.29) is 5.91 Å². The number of nitrogens with one attached hydrogen (secondary N) is 2. The van der Waals surface area contributed by atoms with Gasteiger partial charge >= 0.3 is 0 Å². The van der Waals surface area contributed by atoms with Crippen molar-refractivity contribution in [1.29, 1.82) is 0 Å². The molecule has 6 rings (SSSR count). The highest BCUT2D eigenvalue weighted by atomic mass is 32.1. The molecule has 2 N–H and O–H groups in total. The van der Waals surface area contributed by atoms with Crippen LogP contribution in [-0.2, 0) is 0 Å². The van der Waals surface area contributed by atoms with Crippen LogP contribution in [0, 0.1) is 5.92 Å². The van der Waals surface area contributed by atoms with E-state index in [0.717, 1.165) is 29.1 Å². The number of thiophene rings is 1. The van der Waals surface area contributed by atoms with Gasteiger partial charge in [-0.1, -0.05) is 18.2 Å². The number of hydrogen-bond acceptors (Lipinski definition) is 4. The van der Waals surface area contributed by atoms with E-state index < -0.39 is 0 Å². The standard InChI is InChI=1S/C19H20N4OS/c24-19(17-13-3-1-2-4-15(13)21-22-17)20-16-7-10-25-18(16)14-11-23-8-5-12(14)6-9-23/h1-4,7,10,12,14H,5-6,8-9,11H2,(H,20,24)(H,21,22). The average molecular weight is 352 g/mol. The molecule has 3 saturated heterocycles. The van der Waals surface area contributed by atoms with Gasteiger partial charge in [0.15, 0.2) is 5.69 Å². The molecular weight excluding hydrogens is 332 g/mol. The second-order valence-corrected chi connectivity index (χ2v) is 7.96. The van der Waals surface area contributed by atoms with Crippen LogP contribution in [0.1, 0.15) is 34.1 Å². The lowest BCUT2D eigenvalue weighted by molar-refractivity contribution is 0.0885. The Morgan fingerprint density at radius 2 is 2.08 bits per heavy atom. The Kier molecular flexibility index (Phi) is 3.60. The van der Waals surface area contributed by atoms with Crippen molar-refractivity contribution in [1.82, 2.24) is 15.1 Å². The molecule has 6 heteroatoms. The summed E-state index contributed by atoms with van der Waals surface area (Å²) in [4.78, 5) is 16.7. The zero-order valence-electron chi connectivity index (χ0n) is 13.9. The first-order chi connectivity index (χ1) is 12.3. The largest absolute Gasteiger partial charge is 0.320 e. The maximum atomic E-state index is 12.8. The molecular formula is C19H20N4OS. The summed E-state index contributed by atoms with van der Waals surface area (Å²) in [5.74, 6) is 1.16. The first-order valence-electron chi connectivity index (χ1n) is 8.84. The monoisotopic (exact) mass is 352 g/mol. The molecule has 0 aliphatic carbocycles. The van der Waals surface area contributed by atoms with E-state index in [1.807, 2.05) is 30.3 Å². The molecule has 5 nitrogen and oxygen atoms in total. The number of nitrogens with zero attached hydrogens (tertiary/aromatic N) is 2. The third-order valence-corrected chi connectivity index (χ3v) is 6.67. The van der Waals surface area contributed by atoms with Gasteiger partial charge in [-0.15, -0.1) is 11.3 Å². The highest BCUT2D eigenvalue weighted by Gasteiger charge is 2.36. The summed E-state index contributed by atoms with van der Waals surface area (Å²) in [6.07, 6.45) is 2.56. The number of carbonyl (C=O) groups is 1. The van der Waals surface area contributed by atoms with Gasteiger partial charge in [0, 0.05) is 22.7 Å². The van der Waals surface area contributed by atoms with Gasteiger partial charge in [0.2, 0.25) is 0 Å². The lowest BCUT2D eigenvalue weighted by Gasteiger charge is -2.44. The number of fused-ring (bicyclic) bond motifs is 4. The molecule has 5 heterocycles. The third-order valence-electron chi connectivity index (χ3n) is 5.62. The number of benzene rings is 1. The summed E-state index contributed by atoms with van der Waals surface area (Å²) in [7, 11) is 0. The summed E-state index contributed by atoms with van der Waals surface area (Å²) >= 11 is 1.77. The summed E-state index contributed by atoms with van der Waals surface area (Å²) in [6.45, 7) is 3.58. The number of amides is 1. The summed E-state index contributed by atoms with van der Waals surface area (Å²) in [5.41, 5.74) is 2.30. The quantitative estimate of drug-likeness (QED) is 0.756. The topological polar surface area (TPSA) is 61.0 Å². The first kappa shape index (κ1) is 15.1. The first-order valence-corrected chi connectivity index (χ1v) is 9.72. The number of anilines is 1. The Morgan fingerprint density at radius 3 is 2.88 bits per heavy atom. The Balaban J connectivity index is 1.42. The van der Waals surface area contributed by atoms with Crippen molar-refractivity contribution < 1.29 is 4.79 Å². The number of carbonyl (C=O) groups excluding carboxylic acids is 1. The molecule has 2 aromatic heterocycles. The Morgan fingerprint density at radius 1 is 1.24 bits per heavy atom.